The smallest absolute Gasteiger partial charge is 0.219 e. The standard InChI is InChI=1S/C31H44N4O2S/c1-2-3-4-5-6-7-8-9-10-11-12-13-14-15-16-18-21-26-24-29(37)30(25-28(26)36)38-31-32-33-34-35(31)27-22-19-17-20-23-27/h17,19-20,22-25H,2-16,18,21H2,1H3. The normalized spacial score (nSPS) is 13.6. The highest BCUT2D eigenvalue weighted by molar-refractivity contribution is 8.03. The van der Waals surface area contributed by atoms with Crippen molar-refractivity contribution in [2.24, 2.45) is 0 Å². The van der Waals surface area contributed by atoms with Crippen LogP contribution in [0.3, 0.4) is 0 Å². The van der Waals surface area contributed by atoms with Crippen LogP contribution in [0.1, 0.15) is 116 Å². The summed E-state index contributed by atoms with van der Waals surface area (Å²) in [4.78, 5) is 25.7. The van der Waals surface area contributed by atoms with Crippen molar-refractivity contribution >= 4 is 23.3 Å². The van der Waals surface area contributed by atoms with Gasteiger partial charge in [-0.15, -0.1) is 5.10 Å². The molecule has 1 aromatic heterocycles. The van der Waals surface area contributed by atoms with Crippen LogP contribution in [0.15, 0.2) is 58.1 Å². The number of unbranched alkanes of at least 4 members (excludes halogenated alkanes) is 15. The van der Waals surface area contributed by atoms with Gasteiger partial charge < -0.3 is 0 Å². The van der Waals surface area contributed by atoms with Gasteiger partial charge in [-0.25, -0.2) is 0 Å². The van der Waals surface area contributed by atoms with E-state index in [1.165, 1.54) is 102 Å². The molecule has 206 valence electrons. The molecule has 0 atom stereocenters. The Bertz CT molecular complexity index is 1050. The number of nitrogens with zero attached hydrogens (tertiary/aromatic N) is 4. The van der Waals surface area contributed by atoms with Gasteiger partial charge in [0.25, 0.3) is 0 Å². The summed E-state index contributed by atoms with van der Waals surface area (Å²) in [5.74, 6) is -0.226. The van der Waals surface area contributed by atoms with Crippen molar-refractivity contribution in [1.29, 1.82) is 0 Å². The number of tetrazole rings is 1. The monoisotopic (exact) mass is 536 g/mol. The van der Waals surface area contributed by atoms with E-state index in [0.29, 0.717) is 22.1 Å². The van der Waals surface area contributed by atoms with E-state index in [0.717, 1.165) is 30.3 Å². The zero-order valence-electron chi connectivity index (χ0n) is 23.1. The van der Waals surface area contributed by atoms with Crippen molar-refractivity contribution in [3.8, 4) is 5.69 Å². The summed E-state index contributed by atoms with van der Waals surface area (Å²) >= 11 is 1.13. The number of rotatable bonds is 20. The Hall–Kier alpha value is -2.54. The summed E-state index contributed by atoms with van der Waals surface area (Å²) in [7, 11) is 0. The van der Waals surface area contributed by atoms with Gasteiger partial charge in [0.2, 0.25) is 5.16 Å². The molecule has 0 spiro atoms. The van der Waals surface area contributed by atoms with Crippen molar-refractivity contribution < 1.29 is 9.59 Å². The second kappa shape index (κ2) is 17.9. The Balaban J connectivity index is 1.24. The minimum atomic E-state index is -0.149. The van der Waals surface area contributed by atoms with Gasteiger partial charge in [0.1, 0.15) is 0 Å². The summed E-state index contributed by atoms with van der Waals surface area (Å²) in [6.07, 6.45) is 24.7. The van der Waals surface area contributed by atoms with E-state index in [1.807, 2.05) is 30.3 Å². The lowest BCUT2D eigenvalue weighted by molar-refractivity contribution is -0.114. The van der Waals surface area contributed by atoms with Crippen LogP contribution in [0, 0.1) is 0 Å². The molecule has 0 amide bonds. The molecule has 1 aromatic carbocycles. The Morgan fingerprint density at radius 3 is 1.82 bits per heavy atom. The molecule has 0 saturated carbocycles. The first kappa shape index (κ1) is 30.0. The molecule has 0 unspecified atom stereocenters. The van der Waals surface area contributed by atoms with E-state index in [4.69, 9.17) is 0 Å². The van der Waals surface area contributed by atoms with Gasteiger partial charge >= 0.3 is 0 Å². The van der Waals surface area contributed by atoms with Crippen LogP contribution < -0.4 is 0 Å². The van der Waals surface area contributed by atoms with Crippen LogP contribution in [0.25, 0.3) is 5.69 Å². The van der Waals surface area contributed by atoms with E-state index in [9.17, 15) is 9.59 Å². The molecule has 0 bridgehead atoms. The van der Waals surface area contributed by atoms with Crippen molar-refractivity contribution in [1.82, 2.24) is 20.2 Å². The maximum absolute atomic E-state index is 12.7. The Morgan fingerprint density at radius 1 is 0.684 bits per heavy atom. The molecule has 0 aliphatic heterocycles. The van der Waals surface area contributed by atoms with Crippen molar-refractivity contribution in [2.45, 2.75) is 121 Å². The zero-order valence-corrected chi connectivity index (χ0v) is 23.9. The molecule has 0 N–H and O–H groups in total. The van der Waals surface area contributed by atoms with E-state index in [-0.39, 0.29) is 11.6 Å². The minimum absolute atomic E-state index is 0.0770. The third-order valence-corrected chi connectivity index (χ3v) is 8.05. The number of thioether (sulfide) groups is 1. The summed E-state index contributed by atoms with van der Waals surface area (Å²) in [5, 5.41) is 12.2. The summed E-state index contributed by atoms with van der Waals surface area (Å²) < 4.78 is 1.57. The van der Waals surface area contributed by atoms with E-state index >= 15 is 0 Å². The SMILES string of the molecule is CCCCCCCCCCCCCCCCCCC1=CC(=O)C(Sc2nnnn2-c2ccccc2)=CC1=O. The predicted molar refractivity (Wildman–Crippen MR) is 155 cm³/mol. The maximum Gasteiger partial charge on any atom is 0.219 e. The lowest BCUT2D eigenvalue weighted by Crippen LogP contribution is -2.12. The average Bonchev–Trinajstić information content (AvgIpc) is 3.39. The van der Waals surface area contributed by atoms with Crippen LogP contribution in [0.4, 0.5) is 0 Å². The third-order valence-electron chi connectivity index (χ3n) is 7.07. The van der Waals surface area contributed by atoms with Crippen LogP contribution >= 0.6 is 11.8 Å². The Kier molecular flexibility index (Phi) is 14.1. The summed E-state index contributed by atoms with van der Waals surface area (Å²) in [5.41, 5.74) is 1.42. The van der Waals surface area contributed by atoms with Gasteiger partial charge in [-0.1, -0.05) is 121 Å². The van der Waals surface area contributed by atoms with Gasteiger partial charge in [-0.3, -0.25) is 9.59 Å². The highest BCUT2D eigenvalue weighted by Crippen LogP contribution is 2.30. The first-order valence-electron chi connectivity index (χ1n) is 14.7. The van der Waals surface area contributed by atoms with Gasteiger partial charge in [0.05, 0.1) is 10.6 Å². The molecule has 0 radical (unpaired) electrons. The molecular formula is C31H44N4O2S. The van der Waals surface area contributed by atoms with E-state index in [2.05, 4.69) is 22.4 Å². The molecule has 1 aliphatic carbocycles. The quantitative estimate of drug-likeness (QED) is 0.125. The van der Waals surface area contributed by atoms with Crippen LogP contribution in [0.2, 0.25) is 0 Å². The summed E-state index contributed by atoms with van der Waals surface area (Å²) in [6.45, 7) is 2.27. The molecule has 0 fully saturated rings. The highest BCUT2D eigenvalue weighted by atomic mass is 32.2. The maximum atomic E-state index is 12.7. The fraction of sp³-hybridized carbons (Fsp3) is 0.581. The number of aromatic nitrogens is 4. The average molecular weight is 537 g/mol. The predicted octanol–water partition coefficient (Wildman–Crippen LogP) is 8.37. The van der Waals surface area contributed by atoms with Crippen LogP contribution in [-0.4, -0.2) is 31.8 Å². The topological polar surface area (TPSA) is 77.7 Å². The molecule has 1 aliphatic rings. The molecule has 0 saturated heterocycles. The zero-order chi connectivity index (χ0) is 26.8. The number of hydrogen-bond donors (Lipinski definition) is 0. The molecule has 6 nitrogen and oxygen atoms in total. The molecular weight excluding hydrogens is 492 g/mol. The van der Waals surface area contributed by atoms with Crippen LogP contribution in [-0.2, 0) is 9.59 Å². The van der Waals surface area contributed by atoms with Crippen molar-refractivity contribution in [2.75, 3.05) is 0 Å². The van der Waals surface area contributed by atoms with Gasteiger partial charge in [-0.2, -0.15) is 4.68 Å². The first-order valence-corrected chi connectivity index (χ1v) is 15.5. The molecule has 3 rings (SSSR count). The van der Waals surface area contributed by atoms with E-state index in [1.54, 1.807) is 4.68 Å². The molecule has 38 heavy (non-hydrogen) atoms. The number of ketones is 2. The highest BCUT2D eigenvalue weighted by Gasteiger charge is 2.23. The summed E-state index contributed by atoms with van der Waals surface area (Å²) in [6, 6.07) is 9.48. The van der Waals surface area contributed by atoms with Crippen molar-refractivity contribution in [3.05, 3.63) is 53.0 Å². The Morgan fingerprint density at radius 2 is 1.24 bits per heavy atom. The number of carbonyl (C=O) groups excluding carboxylic acids is 2. The lowest BCUT2D eigenvalue weighted by Gasteiger charge is -2.12. The molecule has 1 heterocycles. The third kappa shape index (κ3) is 10.7. The fourth-order valence-corrected chi connectivity index (χ4v) is 5.62. The first-order chi connectivity index (χ1) is 18.7. The van der Waals surface area contributed by atoms with Gasteiger partial charge in [-0.05, 0) is 53.2 Å². The Labute approximate surface area is 232 Å². The largest absolute Gasteiger partial charge is 0.290 e. The number of hydrogen-bond acceptors (Lipinski definition) is 6. The number of benzene rings is 1. The molecule has 7 heteroatoms. The fourth-order valence-electron chi connectivity index (χ4n) is 4.79. The van der Waals surface area contributed by atoms with Crippen LogP contribution in [0.5, 0.6) is 0 Å². The lowest BCUT2D eigenvalue weighted by atomic mass is 9.97. The molecule has 2 aromatic rings. The van der Waals surface area contributed by atoms with Crippen molar-refractivity contribution in [3.63, 3.8) is 0 Å². The number of para-hydroxylation sites is 1. The number of allylic oxidation sites excluding steroid dienone is 4. The minimum Gasteiger partial charge on any atom is -0.290 e. The number of carbonyl (C=O) groups is 2. The van der Waals surface area contributed by atoms with E-state index < -0.39 is 0 Å². The van der Waals surface area contributed by atoms with Gasteiger partial charge in [0.15, 0.2) is 11.6 Å². The second-order valence-electron chi connectivity index (χ2n) is 10.3. The second-order valence-corrected chi connectivity index (χ2v) is 11.3. The van der Waals surface area contributed by atoms with Gasteiger partial charge in [0, 0.05) is 11.6 Å².